The molecule has 0 saturated heterocycles. The summed E-state index contributed by atoms with van der Waals surface area (Å²) in [6.45, 7) is 7.26. The van der Waals surface area contributed by atoms with Crippen molar-refractivity contribution in [3.8, 4) is 0 Å². The lowest BCUT2D eigenvalue weighted by Gasteiger charge is -2.19. The highest BCUT2D eigenvalue weighted by Gasteiger charge is 2.09. The van der Waals surface area contributed by atoms with Gasteiger partial charge >= 0.3 is 0 Å². The summed E-state index contributed by atoms with van der Waals surface area (Å²) in [5, 5.41) is 3.39. The van der Waals surface area contributed by atoms with Gasteiger partial charge in [-0.1, -0.05) is 0 Å². The van der Waals surface area contributed by atoms with E-state index in [2.05, 4.69) is 38.4 Å². The van der Waals surface area contributed by atoms with Gasteiger partial charge in [-0.15, -0.1) is 0 Å². The number of rotatable bonds is 4. The summed E-state index contributed by atoms with van der Waals surface area (Å²) in [5.74, 6) is 3.03. The molecular formula is C11H19NOS. The maximum absolute atomic E-state index is 5.64. The van der Waals surface area contributed by atoms with E-state index in [4.69, 9.17) is 4.42 Å². The van der Waals surface area contributed by atoms with E-state index in [1.165, 1.54) is 0 Å². The number of hydrogen-bond donors (Lipinski definition) is 1. The van der Waals surface area contributed by atoms with Crippen LogP contribution in [-0.2, 0) is 12.3 Å². The summed E-state index contributed by atoms with van der Waals surface area (Å²) in [6, 6.07) is 4.10. The summed E-state index contributed by atoms with van der Waals surface area (Å²) in [6.07, 6.45) is 2.08. The summed E-state index contributed by atoms with van der Waals surface area (Å²) < 4.78 is 5.64. The molecule has 1 N–H and O–H groups in total. The first kappa shape index (κ1) is 11.7. The number of nitrogens with one attached hydrogen (secondary N) is 1. The number of hydrogen-bond acceptors (Lipinski definition) is 3. The molecule has 0 fully saturated rings. The monoisotopic (exact) mass is 213 g/mol. The topological polar surface area (TPSA) is 25.2 Å². The molecule has 0 aliphatic carbocycles. The fraction of sp³-hybridized carbons (Fsp3) is 0.636. The summed E-state index contributed by atoms with van der Waals surface area (Å²) in [7, 11) is 0. The predicted octanol–water partition coefficient (Wildman–Crippen LogP) is 3.03. The van der Waals surface area contributed by atoms with Crippen LogP contribution in [0, 0.1) is 0 Å². The Morgan fingerprint density at radius 3 is 2.50 bits per heavy atom. The average molecular weight is 213 g/mol. The van der Waals surface area contributed by atoms with E-state index in [-0.39, 0.29) is 5.54 Å². The fourth-order valence-corrected chi connectivity index (χ4v) is 1.53. The Morgan fingerprint density at radius 1 is 1.29 bits per heavy atom. The van der Waals surface area contributed by atoms with E-state index < -0.39 is 0 Å². The zero-order valence-corrected chi connectivity index (χ0v) is 10.2. The van der Waals surface area contributed by atoms with Crippen LogP contribution >= 0.6 is 11.8 Å². The first-order valence-corrected chi connectivity index (χ1v) is 6.22. The molecule has 0 amide bonds. The quantitative estimate of drug-likeness (QED) is 0.832. The van der Waals surface area contributed by atoms with Crippen LogP contribution in [0.1, 0.15) is 32.3 Å². The molecule has 0 aliphatic rings. The van der Waals surface area contributed by atoms with Gasteiger partial charge in [0.05, 0.1) is 12.3 Å². The van der Waals surface area contributed by atoms with Crippen molar-refractivity contribution in [3.63, 3.8) is 0 Å². The van der Waals surface area contributed by atoms with E-state index >= 15 is 0 Å². The minimum atomic E-state index is 0.145. The van der Waals surface area contributed by atoms with E-state index in [1.54, 1.807) is 11.8 Å². The van der Waals surface area contributed by atoms with Crippen molar-refractivity contribution in [2.45, 2.75) is 38.6 Å². The zero-order chi connectivity index (χ0) is 10.6. The van der Waals surface area contributed by atoms with Crippen molar-refractivity contribution in [1.82, 2.24) is 5.32 Å². The van der Waals surface area contributed by atoms with Gasteiger partial charge in [0.25, 0.3) is 0 Å². The maximum atomic E-state index is 5.64. The van der Waals surface area contributed by atoms with Crippen molar-refractivity contribution in [2.75, 3.05) is 6.26 Å². The average Bonchev–Trinajstić information content (AvgIpc) is 2.49. The van der Waals surface area contributed by atoms with Crippen molar-refractivity contribution in [3.05, 3.63) is 23.7 Å². The standard InChI is InChI=1S/C11H19NOS/c1-11(2,3)12-7-9-5-6-10(13-9)8-14-4/h5-6,12H,7-8H2,1-4H3. The zero-order valence-electron chi connectivity index (χ0n) is 9.39. The smallest absolute Gasteiger partial charge is 0.118 e. The highest BCUT2D eigenvalue weighted by molar-refractivity contribution is 7.97. The lowest BCUT2D eigenvalue weighted by molar-refractivity contribution is 0.382. The summed E-state index contributed by atoms with van der Waals surface area (Å²) >= 11 is 1.78. The second-order valence-corrected chi connectivity index (χ2v) is 5.27. The Balaban J connectivity index is 2.44. The van der Waals surface area contributed by atoms with Crippen LogP contribution in [0.5, 0.6) is 0 Å². The van der Waals surface area contributed by atoms with Gasteiger partial charge < -0.3 is 9.73 Å². The van der Waals surface area contributed by atoms with Crippen LogP contribution in [0.2, 0.25) is 0 Å². The Morgan fingerprint density at radius 2 is 1.93 bits per heavy atom. The maximum Gasteiger partial charge on any atom is 0.118 e. The van der Waals surface area contributed by atoms with Gasteiger partial charge in [-0.25, -0.2) is 0 Å². The molecule has 2 nitrogen and oxygen atoms in total. The molecule has 0 saturated carbocycles. The molecule has 1 aromatic heterocycles. The van der Waals surface area contributed by atoms with Crippen molar-refractivity contribution in [2.24, 2.45) is 0 Å². The van der Waals surface area contributed by atoms with Crippen LogP contribution in [-0.4, -0.2) is 11.8 Å². The minimum absolute atomic E-state index is 0.145. The van der Waals surface area contributed by atoms with Gasteiger partial charge in [0, 0.05) is 5.54 Å². The van der Waals surface area contributed by atoms with E-state index in [0.717, 1.165) is 23.8 Å². The second kappa shape index (κ2) is 4.89. The molecule has 0 unspecified atom stereocenters. The highest BCUT2D eigenvalue weighted by Crippen LogP contribution is 2.14. The SMILES string of the molecule is CSCc1ccc(CNC(C)(C)C)o1. The van der Waals surface area contributed by atoms with Gasteiger partial charge in [0.1, 0.15) is 11.5 Å². The molecule has 1 heterocycles. The molecule has 0 atom stereocenters. The minimum Gasteiger partial charge on any atom is -0.464 e. The van der Waals surface area contributed by atoms with Crippen LogP contribution in [0.25, 0.3) is 0 Å². The fourth-order valence-electron chi connectivity index (χ4n) is 1.09. The lowest BCUT2D eigenvalue weighted by atomic mass is 10.1. The first-order chi connectivity index (χ1) is 6.51. The largest absolute Gasteiger partial charge is 0.464 e. The number of thioether (sulfide) groups is 1. The molecule has 14 heavy (non-hydrogen) atoms. The summed E-state index contributed by atoms with van der Waals surface area (Å²) in [4.78, 5) is 0. The molecule has 80 valence electrons. The molecule has 0 bridgehead atoms. The molecule has 0 radical (unpaired) electrons. The molecule has 1 aromatic rings. The van der Waals surface area contributed by atoms with Crippen LogP contribution < -0.4 is 5.32 Å². The Kier molecular flexibility index (Phi) is 4.08. The Labute approximate surface area is 90.5 Å². The van der Waals surface area contributed by atoms with Crippen LogP contribution in [0.3, 0.4) is 0 Å². The Bertz CT molecular complexity index is 275. The molecule has 1 rings (SSSR count). The van der Waals surface area contributed by atoms with E-state index in [1.807, 2.05) is 6.07 Å². The second-order valence-electron chi connectivity index (χ2n) is 4.40. The molecule has 0 aliphatic heterocycles. The van der Waals surface area contributed by atoms with Crippen molar-refractivity contribution < 1.29 is 4.42 Å². The van der Waals surface area contributed by atoms with Gasteiger partial charge in [-0.2, -0.15) is 11.8 Å². The van der Waals surface area contributed by atoms with E-state index in [9.17, 15) is 0 Å². The normalized spacial score (nSPS) is 12.0. The Hall–Kier alpha value is -0.410. The lowest BCUT2D eigenvalue weighted by Crippen LogP contribution is -2.34. The van der Waals surface area contributed by atoms with Gasteiger partial charge in [-0.05, 0) is 39.2 Å². The molecule has 0 spiro atoms. The third kappa shape index (κ3) is 4.20. The van der Waals surface area contributed by atoms with Gasteiger partial charge in [0.15, 0.2) is 0 Å². The van der Waals surface area contributed by atoms with Crippen LogP contribution in [0.15, 0.2) is 16.5 Å². The van der Waals surface area contributed by atoms with Crippen molar-refractivity contribution >= 4 is 11.8 Å². The molecular weight excluding hydrogens is 194 g/mol. The van der Waals surface area contributed by atoms with Gasteiger partial charge in [-0.3, -0.25) is 0 Å². The third-order valence-electron chi connectivity index (χ3n) is 1.80. The van der Waals surface area contributed by atoms with E-state index in [0.29, 0.717) is 0 Å². The third-order valence-corrected chi connectivity index (χ3v) is 2.37. The highest BCUT2D eigenvalue weighted by atomic mass is 32.2. The molecule has 0 aromatic carbocycles. The first-order valence-electron chi connectivity index (χ1n) is 4.83. The van der Waals surface area contributed by atoms with Crippen molar-refractivity contribution in [1.29, 1.82) is 0 Å². The summed E-state index contributed by atoms with van der Waals surface area (Å²) in [5.41, 5.74) is 0.145. The molecule has 3 heteroatoms. The van der Waals surface area contributed by atoms with Gasteiger partial charge in [0.2, 0.25) is 0 Å². The predicted molar refractivity (Wildman–Crippen MR) is 62.5 cm³/mol. The number of furan rings is 1. The van der Waals surface area contributed by atoms with Crippen LogP contribution in [0.4, 0.5) is 0 Å².